The fourth-order valence-corrected chi connectivity index (χ4v) is 4.87. The molecule has 6 nitrogen and oxygen atoms in total. The first-order valence-electron chi connectivity index (χ1n) is 10.3. The Morgan fingerprint density at radius 3 is 2.15 bits per heavy atom. The predicted molar refractivity (Wildman–Crippen MR) is 97.4 cm³/mol. The summed E-state index contributed by atoms with van der Waals surface area (Å²) >= 11 is 0. The number of hydrogen-bond acceptors (Lipinski definition) is 3. The number of rotatable bonds is 4. The van der Waals surface area contributed by atoms with Crippen LogP contribution in [0.15, 0.2) is 0 Å². The van der Waals surface area contributed by atoms with E-state index in [-0.39, 0.29) is 23.7 Å². The Morgan fingerprint density at radius 1 is 0.769 bits per heavy atom. The minimum Gasteiger partial charge on any atom is -0.481 e. The summed E-state index contributed by atoms with van der Waals surface area (Å²) in [7, 11) is 0. The maximum atomic E-state index is 12.9. The van der Waals surface area contributed by atoms with Gasteiger partial charge in [0.15, 0.2) is 0 Å². The molecule has 2 unspecified atom stereocenters. The van der Waals surface area contributed by atoms with E-state index in [0.29, 0.717) is 44.8 Å². The van der Waals surface area contributed by atoms with Gasteiger partial charge in [-0.1, -0.05) is 19.3 Å². The lowest BCUT2D eigenvalue weighted by atomic mass is 9.80. The maximum Gasteiger partial charge on any atom is 0.306 e. The number of carboxylic acid groups (broad SMARTS) is 1. The highest BCUT2D eigenvalue weighted by atomic mass is 16.4. The van der Waals surface area contributed by atoms with E-state index in [4.69, 9.17) is 0 Å². The molecular formula is C20H32N2O4. The average Bonchev–Trinajstić information content (AvgIpc) is 3.02. The van der Waals surface area contributed by atoms with E-state index in [1.54, 1.807) is 0 Å². The van der Waals surface area contributed by atoms with Gasteiger partial charge in [-0.3, -0.25) is 14.4 Å². The third-order valence-corrected chi connectivity index (χ3v) is 6.47. The lowest BCUT2D eigenvalue weighted by molar-refractivity contribution is -0.145. The van der Waals surface area contributed by atoms with Crippen molar-refractivity contribution in [3.8, 4) is 0 Å². The first-order valence-corrected chi connectivity index (χ1v) is 10.3. The van der Waals surface area contributed by atoms with Crippen molar-refractivity contribution in [1.82, 2.24) is 9.80 Å². The summed E-state index contributed by atoms with van der Waals surface area (Å²) in [5, 5.41) is 9.24. The normalized spacial score (nSPS) is 28.0. The van der Waals surface area contributed by atoms with E-state index in [1.165, 1.54) is 25.7 Å². The maximum absolute atomic E-state index is 12.9. The molecule has 0 aromatic heterocycles. The average molecular weight is 364 g/mol. The molecule has 3 fully saturated rings. The predicted octanol–water partition coefficient (Wildman–Crippen LogP) is 2.52. The Labute approximate surface area is 155 Å². The van der Waals surface area contributed by atoms with E-state index >= 15 is 0 Å². The summed E-state index contributed by atoms with van der Waals surface area (Å²) in [5.41, 5.74) is 0. The van der Waals surface area contributed by atoms with Crippen LogP contribution in [0.4, 0.5) is 0 Å². The van der Waals surface area contributed by atoms with Gasteiger partial charge in [-0.15, -0.1) is 0 Å². The number of amides is 2. The van der Waals surface area contributed by atoms with Crippen molar-refractivity contribution >= 4 is 17.8 Å². The van der Waals surface area contributed by atoms with Gasteiger partial charge in [-0.25, -0.2) is 0 Å². The van der Waals surface area contributed by atoms with Gasteiger partial charge in [0.25, 0.3) is 0 Å². The van der Waals surface area contributed by atoms with Gasteiger partial charge in [0.2, 0.25) is 11.8 Å². The van der Waals surface area contributed by atoms with Gasteiger partial charge in [0, 0.05) is 38.5 Å². The molecule has 0 aromatic carbocycles. The largest absolute Gasteiger partial charge is 0.481 e. The van der Waals surface area contributed by atoms with Gasteiger partial charge >= 0.3 is 5.97 Å². The van der Waals surface area contributed by atoms with E-state index < -0.39 is 5.97 Å². The molecule has 1 N–H and O–H groups in total. The van der Waals surface area contributed by atoms with Gasteiger partial charge in [0.05, 0.1) is 5.92 Å². The molecule has 1 saturated heterocycles. The first-order chi connectivity index (χ1) is 12.5. The van der Waals surface area contributed by atoms with Gasteiger partial charge in [-0.2, -0.15) is 0 Å². The minimum atomic E-state index is -0.776. The van der Waals surface area contributed by atoms with Crippen LogP contribution in [-0.4, -0.2) is 58.9 Å². The van der Waals surface area contributed by atoms with Crippen LogP contribution in [0.5, 0.6) is 0 Å². The van der Waals surface area contributed by atoms with Crippen molar-refractivity contribution in [2.45, 2.75) is 64.2 Å². The SMILES string of the molecule is O=C(O)C1CCCC(C(=O)N2CCCN(C(=O)CC3CCCC3)CC2)C1. The smallest absolute Gasteiger partial charge is 0.306 e. The van der Waals surface area contributed by atoms with Crippen LogP contribution in [0.25, 0.3) is 0 Å². The highest BCUT2D eigenvalue weighted by Gasteiger charge is 2.34. The Kier molecular flexibility index (Phi) is 6.54. The molecule has 146 valence electrons. The van der Waals surface area contributed by atoms with E-state index in [9.17, 15) is 19.5 Å². The second kappa shape index (κ2) is 8.87. The summed E-state index contributed by atoms with van der Waals surface area (Å²) < 4.78 is 0. The molecular weight excluding hydrogens is 332 g/mol. The summed E-state index contributed by atoms with van der Waals surface area (Å²) in [6.45, 7) is 2.62. The molecule has 0 radical (unpaired) electrons. The van der Waals surface area contributed by atoms with E-state index in [0.717, 1.165) is 25.8 Å². The number of carbonyl (C=O) groups excluding carboxylic acids is 2. The zero-order valence-electron chi connectivity index (χ0n) is 15.7. The van der Waals surface area contributed by atoms with E-state index in [1.807, 2.05) is 9.80 Å². The molecule has 0 spiro atoms. The van der Waals surface area contributed by atoms with Crippen LogP contribution in [-0.2, 0) is 14.4 Å². The Hall–Kier alpha value is -1.59. The van der Waals surface area contributed by atoms with Crippen molar-refractivity contribution in [3.63, 3.8) is 0 Å². The molecule has 2 aliphatic carbocycles. The number of hydrogen-bond donors (Lipinski definition) is 1. The van der Waals surface area contributed by atoms with Crippen molar-refractivity contribution in [2.24, 2.45) is 17.8 Å². The molecule has 0 aromatic rings. The quantitative estimate of drug-likeness (QED) is 0.831. The summed E-state index contributed by atoms with van der Waals surface area (Å²) in [5.74, 6) is -0.420. The minimum absolute atomic E-state index is 0.0982. The van der Waals surface area contributed by atoms with Crippen LogP contribution in [0.3, 0.4) is 0 Å². The van der Waals surface area contributed by atoms with Crippen LogP contribution in [0.2, 0.25) is 0 Å². The second-order valence-corrected chi connectivity index (χ2v) is 8.31. The lowest BCUT2D eigenvalue weighted by Gasteiger charge is -2.31. The molecule has 1 heterocycles. The third-order valence-electron chi connectivity index (χ3n) is 6.47. The van der Waals surface area contributed by atoms with Crippen molar-refractivity contribution in [3.05, 3.63) is 0 Å². The fraction of sp³-hybridized carbons (Fsp3) is 0.850. The highest BCUT2D eigenvalue weighted by Crippen LogP contribution is 2.31. The number of carboxylic acids is 1. The first kappa shape index (κ1) is 19.2. The van der Waals surface area contributed by atoms with Crippen molar-refractivity contribution in [2.75, 3.05) is 26.2 Å². The molecule has 2 saturated carbocycles. The molecule has 3 aliphatic rings. The molecule has 2 atom stereocenters. The molecule has 0 bridgehead atoms. The Morgan fingerprint density at radius 2 is 1.42 bits per heavy atom. The zero-order chi connectivity index (χ0) is 18.5. The Bertz CT molecular complexity index is 530. The Balaban J connectivity index is 1.50. The standard InChI is InChI=1S/C20H32N2O4/c23-18(13-15-5-1-2-6-15)21-9-4-10-22(12-11-21)19(24)16-7-3-8-17(14-16)20(25)26/h15-17H,1-14H2,(H,25,26). The summed E-state index contributed by atoms with van der Waals surface area (Å²) in [4.78, 5) is 40.5. The fourth-order valence-electron chi connectivity index (χ4n) is 4.87. The van der Waals surface area contributed by atoms with Crippen molar-refractivity contribution < 1.29 is 19.5 Å². The molecule has 3 rings (SSSR count). The second-order valence-electron chi connectivity index (χ2n) is 8.31. The van der Waals surface area contributed by atoms with Crippen molar-refractivity contribution in [1.29, 1.82) is 0 Å². The third kappa shape index (κ3) is 4.77. The summed E-state index contributed by atoms with van der Waals surface area (Å²) in [6.07, 6.45) is 9.09. The molecule has 26 heavy (non-hydrogen) atoms. The van der Waals surface area contributed by atoms with Gasteiger partial charge < -0.3 is 14.9 Å². The van der Waals surface area contributed by atoms with Gasteiger partial charge in [0.1, 0.15) is 0 Å². The summed E-state index contributed by atoms with van der Waals surface area (Å²) in [6, 6.07) is 0. The number of carbonyl (C=O) groups is 3. The monoisotopic (exact) mass is 364 g/mol. The van der Waals surface area contributed by atoms with Crippen LogP contribution >= 0.6 is 0 Å². The lowest BCUT2D eigenvalue weighted by Crippen LogP contribution is -2.41. The number of aliphatic carboxylic acids is 1. The van der Waals surface area contributed by atoms with E-state index in [2.05, 4.69) is 0 Å². The number of nitrogens with zero attached hydrogens (tertiary/aromatic N) is 2. The topological polar surface area (TPSA) is 77.9 Å². The van der Waals surface area contributed by atoms with Crippen LogP contribution in [0.1, 0.15) is 64.2 Å². The van der Waals surface area contributed by atoms with Crippen LogP contribution in [0, 0.1) is 17.8 Å². The van der Waals surface area contributed by atoms with Gasteiger partial charge in [-0.05, 0) is 44.4 Å². The molecule has 1 aliphatic heterocycles. The highest BCUT2D eigenvalue weighted by molar-refractivity contribution is 5.81. The zero-order valence-corrected chi connectivity index (χ0v) is 15.7. The molecule has 2 amide bonds. The van der Waals surface area contributed by atoms with Crippen LogP contribution < -0.4 is 0 Å². The molecule has 6 heteroatoms.